The largest absolute Gasteiger partial charge is 0.421 e. The Morgan fingerprint density at radius 1 is 1.38 bits per heavy atom. The maximum absolute atomic E-state index is 5.84. The summed E-state index contributed by atoms with van der Waals surface area (Å²) in [6, 6.07) is 8.29. The van der Waals surface area contributed by atoms with Crippen molar-refractivity contribution in [1.29, 1.82) is 0 Å². The fourth-order valence-corrected chi connectivity index (χ4v) is 2.01. The molecule has 1 aliphatic rings. The normalized spacial score (nSPS) is 22.4. The first-order valence-electron chi connectivity index (χ1n) is 5.46. The molecular formula is C12H20BNO2. The van der Waals surface area contributed by atoms with Gasteiger partial charge in [0.05, 0.1) is 5.60 Å². The Kier molecular flexibility index (Phi) is 4.53. The molecule has 0 aliphatic carbocycles. The van der Waals surface area contributed by atoms with Crippen molar-refractivity contribution in [1.82, 2.24) is 0 Å². The van der Waals surface area contributed by atoms with Crippen molar-refractivity contribution in [2.75, 3.05) is 20.8 Å². The molecule has 16 heavy (non-hydrogen) atoms. The lowest BCUT2D eigenvalue weighted by molar-refractivity contribution is 0.111. The van der Waals surface area contributed by atoms with Gasteiger partial charge in [-0.25, -0.2) is 0 Å². The van der Waals surface area contributed by atoms with Gasteiger partial charge in [0, 0.05) is 20.8 Å². The molecule has 1 atom stereocenters. The van der Waals surface area contributed by atoms with Gasteiger partial charge >= 0.3 is 6.92 Å². The van der Waals surface area contributed by atoms with E-state index in [4.69, 9.17) is 10.4 Å². The van der Waals surface area contributed by atoms with Crippen LogP contribution in [0.25, 0.3) is 0 Å². The van der Waals surface area contributed by atoms with Crippen LogP contribution in [0.2, 0.25) is 6.82 Å². The highest BCUT2D eigenvalue weighted by molar-refractivity contribution is 6.67. The molecule has 0 saturated carbocycles. The van der Waals surface area contributed by atoms with E-state index in [2.05, 4.69) is 30.6 Å². The van der Waals surface area contributed by atoms with E-state index < -0.39 is 0 Å². The summed E-state index contributed by atoms with van der Waals surface area (Å²) in [5.74, 6) is 0. The molecular weight excluding hydrogens is 201 g/mol. The van der Waals surface area contributed by atoms with Gasteiger partial charge in [-0.05, 0) is 17.9 Å². The number of nitrogens with two attached hydrogens (primary N) is 1. The second-order valence-corrected chi connectivity index (χ2v) is 4.19. The zero-order valence-corrected chi connectivity index (χ0v) is 10.5. The summed E-state index contributed by atoms with van der Waals surface area (Å²) in [5, 5.41) is 0. The first-order valence-corrected chi connectivity index (χ1v) is 5.46. The summed E-state index contributed by atoms with van der Waals surface area (Å²) >= 11 is 0. The molecule has 1 heterocycles. The van der Waals surface area contributed by atoms with Crippen molar-refractivity contribution in [3.8, 4) is 0 Å². The van der Waals surface area contributed by atoms with Crippen LogP contribution in [0.1, 0.15) is 12.5 Å². The molecule has 2 rings (SSSR count). The Balaban J connectivity index is 0.000000386. The minimum atomic E-state index is -0.282. The van der Waals surface area contributed by atoms with Crippen LogP contribution in [-0.4, -0.2) is 27.7 Å². The number of rotatable bonds is 1. The van der Waals surface area contributed by atoms with E-state index in [1.165, 1.54) is 11.0 Å². The average molecular weight is 221 g/mol. The Labute approximate surface area is 98.0 Å². The van der Waals surface area contributed by atoms with Gasteiger partial charge in [0.1, 0.15) is 0 Å². The fourth-order valence-electron chi connectivity index (χ4n) is 2.01. The molecule has 2 N–H and O–H groups in total. The van der Waals surface area contributed by atoms with Gasteiger partial charge in [-0.2, -0.15) is 0 Å². The number of ether oxygens (including phenoxy) is 1. The van der Waals surface area contributed by atoms with Crippen LogP contribution >= 0.6 is 0 Å². The van der Waals surface area contributed by atoms with E-state index in [-0.39, 0.29) is 12.5 Å². The summed E-state index contributed by atoms with van der Waals surface area (Å²) in [5.41, 5.74) is 7.95. The van der Waals surface area contributed by atoms with E-state index in [0.29, 0.717) is 6.54 Å². The Hall–Kier alpha value is -0.835. The number of hydrogen-bond acceptors (Lipinski definition) is 3. The van der Waals surface area contributed by atoms with Crippen LogP contribution in [0.15, 0.2) is 24.3 Å². The standard InChI is InChI=1S/C10H14BNO.C2H6O/c1-10(7-12)8-5-3-4-6-9(8)11(2)13-10;1-3-2/h3-6H,7,12H2,1-2H3;1-2H3. The Morgan fingerprint density at radius 3 is 2.50 bits per heavy atom. The Bertz CT molecular complexity index is 346. The topological polar surface area (TPSA) is 44.5 Å². The monoisotopic (exact) mass is 221 g/mol. The fraction of sp³-hybridized carbons (Fsp3) is 0.500. The minimum Gasteiger partial charge on any atom is -0.421 e. The maximum atomic E-state index is 5.84. The van der Waals surface area contributed by atoms with Crippen LogP contribution in [0.4, 0.5) is 0 Å². The van der Waals surface area contributed by atoms with Gasteiger partial charge in [-0.15, -0.1) is 0 Å². The van der Waals surface area contributed by atoms with Gasteiger partial charge < -0.3 is 15.1 Å². The molecule has 88 valence electrons. The van der Waals surface area contributed by atoms with Gasteiger partial charge in [-0.3, -0.25) is 0 Å². The number of methoxy groups -OCH3 is 1. The minimum absolute atomic E-state index is 0.171. The lowest BCUT2D eigenvalue weighted by Crippen LogP contribution is -2.32. The van der Waals surface area contributed by atoms with Crippen molar-refractivity contribution < 1.29 is 9.39 Å². The summed E-state index contributed by atoms with van der Waals surface area (Å²) in [6.07, 6.45) is 0. The summed E-state index contributed by atoms with van der Waals surface area (Å²) < 4.78 is 10.1. The first kappa shape index (κ1) is 13.2. The number of benzene rings is 1. The third kappa shape index (κ3) is 2.46. The van der Waals surface area contributed by atoms with Crippen molar-refractivity contribution >= 4 is 12.4 Å². The predicted octanol–water partition coefficient (Wildman–Crippen LogP) is 0.982. The van der Waals surface area contributed by atoms with Crippen LogP contribution < -0.4 is 11.2 Å². The lowest BCUT2D eigenvalue weighted by atomic mass is 9.64. The molecule has 0 bridgehead atoms. The van der Waals surface area contributed by atoms with E-state index in [1.807, 2.05) is 12.1 Å². The molecule has 0 saturated heterocycles. The quantitative estimate of drug-likeness (QED) is 0.719. The molecule has 1 aliphatic heterocycles. The highest BCUT2D eigenvalue weighted by atomic mass is 16.5. The molecule has 1 unspecified atom stereocenters. The third-order valence-electron chi connectivity index (χ3n) is 2.79. The van der Waals surface area contributed by atoms with E-state index in [9.17, 15) is 0 Å². The van der Waals surface area contributed by atoms with Crippen LogP contribution in [0.5, 0.6) is 0 Å². The Morgan fingerprint density at radius 2 is 1.94 bits per heavy atom. The zero-order valence-electron chi connectivity index (χ0n) is 10.5. The summed E-state index contributed by atoms with van der Waals surface area (Å²) in [6.45, 7) is 4.83. The van der Waals surface area contributed by atoms with Crippen molar-refractivity contribution in [2.45, 2.75) is 19.3 Å². The van der Waals surface area contributed by atoms with Crippen LogP contribution in [0, 0.1) is 0 Å². The van der Waals surface area contributed by atoms with E-state index >= 15 is 0 Å². The van der Waals surface area contributed by atoms with Gasteiger partial charge in [0.25, 0.3) is 0 Å². The van der Waals surface area contributed by atoms with Gasteiger partial charge in [-0.1, -0.05) is 31.1 Å². The summed E-state index contributed by atoms with van der Waals surface area (Å²) in [7, 11) is 3.25. The molecule has 0 fully saturated rings. The third-order valence-corrected chi connectivity index (χ3v) is 2.79. The number of fused-ring (bicyclic) bond motifs is 1. The van der Waals surface area contributed by atoms with E-state index in [0.717, 1.165) is 0 Å². The lowest BCUT2D eigenvalue weighted by Gasteiger charge is -2.24. The highest BCUT2D eigenvalue weighted by Gasteiger charge is 2.39. The molecule has 1 aromatic carbocycles. The molecule has 4 heteroatoms. The SMILES string of the molecule is CB1OC(C)(CN)c2ccccc21.COC. The van der Waals surface area contributed by atoms with Crippen molar-refractivity contribution in [2.24, 2.45) is 5.73 Å². The predicted molar refractivity (Wildman–Crippen MR) is 68.1 cm³/mol. The molecule has 0 amide bonds. The van der Waals surface area contributed by atoms with Crippen LogP contribution in [0.3, 0.4) is 0 Å². The first-order chi connectivity index (χ1) is 7.59. The molecule has 1 aromatic rings. The molecule has 0 spiro atoms. The maximum Gasteiger partial charge on any atom is 0.325 e. The smallest absolute Gasteiger partial charge is 0.325 e. The average Bonchev–Trinajstić information content (AvgIpc) is 2.54. The highest BCUT2D eigenvalue weighted by Crippen LogP contribution is 2.29. The van der Waals surface area contributed by atoms with Crippen molar-refractivity contribution in [3.05, 3.63) is 29.8 Å². The van der Waals surface area contributed by atoms with Crippen LogP contribution in [-0.2, 0) is 15.0 Å². The second kappa shape index (κ2) is 5.48. The van der Waals surface area contributed by atoms with Gasteiger partial charge in [0.15, 0.2) is 0 Å². The second-order valence-electron chi connectivity index (χ2n) is 4.19. The molecule has 0 radical (unpaired) electrons. The van der Waals surface area contributed by atoms with Crippen molar-refractivity contribution in [3.63, 3.8) is 0 Å². The summed E-state index contributed by atoms with van der Waals surface area (Å²) in [4.78, 5) is 0. The molecule has 3 nitrogen and oxygen atoms in total. The molecule has 0 aromatic heterocycles. The zero-order chi connectivity index (χ0) is 12.2. The van der Waals surface area contributed by atoms with E-state index in [1.54, 1.807) is 14.2 Å². The van der Waals surface area contributed by atoms with Gasteiger partial charge in [0.2, 0.25) is 0 Å². The number of hydrogen-bond donors (Lipinski definition) is 1.